The highest BCUT2D eigenvalue weighted by atomic mass is 16.2. The molecule has 3 heteroatoms. The normalized spacial score (nSPS) is 14.2. The van der Waals surface area contributed by atoms with Gasteiger partial charge in [0.2, 0.25) is 5.91 Å². The molecule has 21 heavy (non-hydrogen) atoms. The first-order valence-electron chi connectivity index (χ1n) is 8.13. The lowest BCUT2D eigenvalue weighted by Gasteiger charge is -2.21. The van der Waals surface area contributed by atoms with Crippen LogP contribution in [0.1, 0.15) is 37.9 Å². The van der Waals surface area contributed by atoms with Crippen LogP contribution in [0.3, 0.4) is 0 Å². The zero-order chi connectivity index (χ0) is 14.8. The molecule has 112 valence electrons. The summed E-state index contributed by atoms with van der Waals surface area (Å²) in [4.78, 5) is 14.4. The summed E-state index contributed by atoms with van der Waals surface area (Å²) >= 11 is 0. The predicted octanol–water partition coefficient (Wildman–Crippen LogP) is 3.39. The minimum absolute atomic E-state index is 0.231. The maximum atomic E-state index is 12.5. The summed E-state index contributed by atoms with van der Waals surface area (Å²) in [5.74, 6) is 0.231. The average molecular weight is 284 g/mol. The summed E-state index contributed by atoms with van der Waals surface area (Å²) < 4.78 is 2.27. The number of aryl methyl sites for hydroxylation is 1. The summed E-state index contributed by atoms with van der Waals surface area (Å²) in [6.45, 7) is 6.15. The summed E-state index contributed by atoms with van der Waals surface area (Å²) in [5.41, 5.74) is 4.09. The molecule has 1 aliphatic carbocycles. The number of benzene rings is 1. The van der Waals surface area contributed by atoms with E-state index in [1.54, 1.807) is 0 Å². The van der Waals surface area contributed by atoms with Gasteiger partial charge in [0.05, 0.1) is 0 Å². The summed E-state index contributed by atoms with van der Waals surface area (Å²) in [7, 11) is 0. The van der Waals surface area contributed by atoms with Crippen LogP contribution in [0.15, 0.2) is 24.3 Å². The molecule has 3 rings (SSSR count). The molecule has 0 radical (unpaired) electrons. The molecule has 1 aromatic carbocycles. The SMILES string of the molecule is CCN(CC)C(=O)Cn1c2c(c3ccccc31)CCCC2. The predicted molar refractivity (Wildman–Crippen MR) is 86.5 cm³/mol. The van der Waals surface area contributed by atoms with E-state index in [9.17, 15) is 4.79 Å². The number of likely N-dealkylation sites (N-methyl/N-ethyl adjacent to an activating group) is 1. The first kappa shape index (κ1) is 14.2. The number of para-hydroxylation sites is 1. The first-order chi connectivity index (χ1) is 10.3. The van der Waals surface area contributed by atoms with Gasteiger partial charge in [0, 0.05) is 29.7 Å². The van der Waals surface area contributed by atoms with Crippen molar-refractivity contribution in [3.63, 3.8) is 0 Å². The van der Waals surface area contributed by atoms with Gasteiger partial charge in [-0.2, -0.15) is 0 Å². The molecule has 0 saturated heterocycles. The Morgan fingerprint density at radius 2 is 1.86 bits per heavy atom. The Bertz CT molecular complexity index is 653. The molecule has 1 aromatic heterocycles. The third kappa shape index (κ3) is 2.45. The number of hydrogen-bond donors (Lipinski definition) is 0. The molecule has 0 aliphatic heterocycles. The lowest BCUT2D eigenvalue weighted by molar-refractivity contribution is -0.131. The summed E-state index contributed by atoms with van der Waals surface area (Å²) in [5, 5.41) is 1.35. The van der Waals surface area contributed by atoms with E-state index < -0.39 is 0 Å². The zero-order valence-electron chi connectivity index (χ0n) is 13.1. The fourth-order valence-corrected chi connectivity index (χ4v) is 3.58. The molecule has 1 amide bonds. The van der Waals surface area contributed by atoms with Crippen molar-refractivity contribution in [2.24, 2.45) is 0 Å². The second-order valence-electron chi connectivity index (χ2n) is 5.80. The third-order valence-corrected chi connectivity index (χ3v) is 4.69. The van der Waals surface area contributed by atoms with Gasteiger partial charge in [-0.3, -0.25) is 4.79 Å². The van der Waals surface area contributed by atoms with E-state index in [4.69, 9.17) is 0 Å². The minimum atomic E-state index is 0.231. The number of carbonyl (C=O) groups excluding carboxylic acids is 1. The number of rotatable bonds is 4. The molecule has 0 unspecified atom stereocenters. The highest BCUT2D eigenvalue weighted by molar-refractivity contribution is 5.88. The number of carbonyl (C=O) groups is 1. The smallest absolute Gasteiger partial charge is 0.242 e. The molecule has 2 aromatic rings. The second-order valence-corrected chi connectivity index (χ2v) is 5.80. The van der Waals surface area contributed by atoms with Crippen molar-refractivity contribution in [3.8, 4) is 0 Å². The van der Waals surface area contributed by atoms with Gasteiger partial charge in [0.25, 0.3) is 0 Å². The van der Waals surface area contributed by atoms with Gasteiger partial charge in [0.15, 0.2) is 0 Å². The number of amides is 1. The average Bonchev–Trinajstić information content (AvgIpc) is 2.84. The van der Waals surface area contributed by atoms with Gasteiger partial charge in [-0.1, -0.05) is 18.2 Å². The Labute approximate surface area is 126 Å². The van der Waals surface area contributed by atoms with Crippen LogP contribution >= 0.6 is 0 Å². The van der Waals surface area contributed by atoms with E-state index in [-0.39, 0.29) is 5.91 Å². The highest BCUT2D eigenvalue weighted by Crippen LogP contribution is 2.32. The fourth-order valence-electron chi connectivity index (χ4n) is 3.58. The Kier molecular flexibility index (Phi) is 4.00. The van der Waals surface area contributed by atoms with Crippen LogP contribution in [0, 0.1) is 0 Å². The maximum absolute atomic E-state index is 12.5. The molecular formula is C18H24N2O. The van der Waals surface area contributed by atoms with Crippen molar-refractivity contribution in [2.75, 3.05) is 13.1 Å². The Hall–Kier alpha value is -1.77. The first-order valence-corrected chi connectivity index (χ1v) is 8.13. The summed E-state index contributed by atoms with van der Waals surface area (Å²) in [6.07, 6.45) is 4.77. The van der Waals surface area contributed by atoms with Crippen molar-refractivity contribution < 1.29 is 4.79 Å². The van der Waals surface area contributed by atoms with E-state index in [1.807, 2.05) is 18.7 Å². The largest absolute Gasteiger partial charge is 0.342 e. The molecule has 0 fully saturated rings. The second kappa shape index (κ2) is 5.92. The molecule has 3 nitrogen and oxygen atoms in total. The number of nitrogens with zero attached hydrogens (tertiary/aromatic N) is 2. The maximum Gasteiger partial charge on any atom is 0.242 e. The fraction of sp³-hybridized carbons (Fsp3) is 0.500. The van der Waals surface area contributed by atoms with E-state index in [0.29, 0.717) is 6.54 Å². The van der Waals surface area contributed by atoms with Crippen LogP contribution in [-0.4, -0.2) is 28.5 Å². The van der Waals surface area contributed by atoms with Gasteiger partial charge in [-0.15, -0.1) is 0 Å². The minimum Gasteiger partial charge on any atom is -0.342 e. The van der Waals surface area contributed by atoms with Crippen molar-refractivity contribution in [2.45, 2.75) is 46.1 Å². The van der Waals surface area contributed by atoms with Crippen LogP contribution in [-0.2, 0) is 24.2 Å². The number of fused-ring (bicyclic) bond motifs is 3. The lowest BCUT2D eigenvalue weighted by atomic mass is 9.95. The quantitative estimate of drug-likeness (QED) is 0.845. The van der Waals surface area contributed by atoms with Crippen LogP contribution in [0.25, 0.3) is 10.9 Å². The Morgan fingerprint density at radius 3 is 2.62 bits per heavy atom. The van der Waals surface area contributed by atoms with Crippen LogP contribution in [0.2, 0.25) is 0 Å². The number of hydrogen-bond acceptors (Lipinski definition) is 1. The molecule has 0 saturated carbocycles. The molecule has 0 bridgehead atoms. The van der Waals surface area contributed by atoms with E-state index in [1.165, 1.54) is 35.0 Å². The zero-order valence-corrected chi connectivity index (χ0v) is 13.1. The van der Waals surface area contributed by atoms with Crippen LogP contribution in [0.5, 0.6) is 0 Å². The number of aromatic nitrogens is 1. The molecule has 1 heterocycles. The van der Waals surface area contributed by atoms with Gasteiger partial charge in [0.1, 0.15) is 6.54 Å². The van der Waals surface area contributed by atoms with Crippen molar-refractivity contribution in [1.29, 1.82) is 0 Å². The standard InChI is InChI=1S/C18H24N2O/c1-3-19(4-2)18(21)13-20-16-11-7-5-9-14(16)15-10-6-8-12-17(15)20/h5,7,9,11H,3-4,6,8,10,12-13H2,1-2H3. The molecule has 0 N–H and O–H groups in total. The van der Waals surface area contributed by atoms with Gasteiger partial charge >= 0.3 is 0 Å². The summed E-state index contributed by atoms with van der Waals surface area (Å²) in [6, 6.07) is 8.54. The molecule has 0 atom stereocenters. The molecule has 0 spiro atoms. The van der Waals surface area contributed by atoms with Crippen molar-refractivity contribution in [3.05, 3.63) is 35.5 Å². The van der Waals surface area contributed by atoms with Gasteiger partial charge in [-0.05, 0) is 51.2 Å². The lowest BCUT2D eigenvalue weighted by Crippen LogP contribution is -2.33. The molecule has 1 aliphatic rings. The van der Waals surface area contributed by atoms with E-state index in [0.717, 1.165) is 25.9 Å². The Morgan fingerprint density at radius 1 is 1.14 bits per heavy atom. The highest BCUT2D eigenvalue weighted by Gasteiger charge is 2.21. The van der Waals surface area contributed by atoms with Crippen LogP contribution in [0.4, 0.5) is 0 Å². The van der Waals surface area contributed by atoms with Crippen LogP contribution < -0.4 is 0 Å². The molecular weight excluding hydrogens is 260 g/mol. The van der Waals surface area contributed by atoms with Gasteiger partial charge < -0.3 is 9.47 Å². The monoisotopic (exact) mass is 284 g/mol. The topological polar surface area (TPSA) is 25.2 Å². The Balaban J connectivity index is 2.03. The van der Waals surface area contributed by atoms with E-state index in [2.05, 4.69) is 28.8 Å². The van der Waals surface area contributed by atoms with Crippen molar-refractivity contribution >= 4 is 16.8 Å². The third-order valence-electron chi connectivity index (χ3n) is 4.69. The van der Waals surface area contributed by atoms with Gasteiger partial charge in [-0.25, -0.2) is 0 Å². The van der Waals surface area contributed by atoms with Crippen molar-refractivity contribution in [1.82, 2.24) is 9.47 Å². The van der Waals surface area contributed by atoms with E-state index >= 15 is 0 Å².